The Kier molecular flexibility index (Phi) is 5.15. The molecule has 0 saturated heterocycles. The summed E-state index contributed by atoms with van der Waals surface area (Å²) in [7, 11) is 1.66. The van der Waals surface area contributed by atoms with Crippen LogP contribution in [0, 0.1) is 17.7 Å². The van der Waals surface area contributed by atoms with Gasteiger partial charge in [-0.15, -0.1) is 11.3 Å². The molecule has 144 valence electrons. The topological polar surface area (TPSA) is 44.0 Å². The molecule has 0 amide bonds. The lowest BCUT2D eigenvalue weighted by Crippen LogP contribution is -2.38. The zero-order valence-electron chi connectivity index (χ0n) is 15.7. The Morgan fingerprint density at radius 3 is 2.52 bits per heavy atom. The van der Waals surface area contributed by atoms with Gasteiger partial charge < -0.3 is 0 Å². The highest BCUT2D eigenvalue weighted by Crippen LogP contribution is 2.21. The van der Waals surface area contributed by atoms with Crippen LogP contribution in [0.4, 0.5) is 4.39 Å². The van der Waals surface area contributed by atoms with Crippen molar-refractivity contribution in [2.45, 2.75) is 13.0 Å². The molecular formula is C23H17FN2O2S. The fourth-order valence-electron chi connectivity index (χ4n) is 3.13. The molecule has 0 bridgehead atoms. The zero-order valence-corrected chi connectivity index (χ0v) is 16.5. The average molecular weight is 404 g/mol. The normalized spacial score (nSPS) is 10.7. The third-order valence-corrected chi connectivity index (χ3v) is 5.71. The van der Waals surface area contributed by atoms with Crippen molar-refractivity contribution < 1.29 is 4.39 Å². The first-order valence-electron chi connectivity index (χ1n) is 9.03. The van der Waals surface area contributed by atoms with E-state index in [1.807, 2.05) is 36.4 Å². The van der Waals surface area contributed by atoms with Crippen LogP contribution in [0.25, 0.3) is 10.2 Å². The molecule has 2 heterocycles. The number of rotatable bonds is 3. The molecule has 2 aromatic carbocycles. The van der Waals surface area contributed by atoms with Crippen LogP contribution in [0.3, 0.4) is 0 Å². The highest BCUT2D eigenvalue weighted by Gasteiger charge is 2.14. The van der Waals surface area contributed by atoms with E-state index in [0.29, 0.717) is 21.5 Å². The molecule has 0 radical (unpaired) electrons. The second-order valence-electron chi connectivity index (χ2n) is 6.66. The Bertz CT molecular complexity index is 1370. The van der Waals surface area contributed by atoms with Crippen molar-refractivity contribution >= 4 is 21.6 Å². The van der Waals surface area contributed by atoms with Crippen LogP contribution in [0.2, 0.25) is 0 Å². The molecule has 29 heavy (non-hydrogen) atoms. The van der Waals surface area contributed by atoms with Gasteiger partial charge in [-0.3, -0.25) is 13.9 Å². The predicted molar refractivity (Wildman–Crippen MR) is 114 cm³/mol. The maximum Gasteiger partial charge on any atom is 0.332 e. The maximum atomic E-state index is 13.3. The molecule has 4 aromatic rings. The van der Waals surface area contributed by atoms with Crippen LogP contribution in [0.5, 0.6) is 0 Å². The molecule has 6 heteroatoms. The summed E-state index contributed by atoms with van der Waals surface area (Å²) in [5.74, 6) is 5.75. The molecule has 0 unspecified atom stereocenters. The molecule has 0 spiro atoms. The van der Waals surface area contributed by atoms with Crippen molar-refractivity contribution in [1.82, 2.24) is 9.13 Å². The minimum Gasteiger partial charge on any atom is -0.287 e. The van der Waals surface area contributed by atoms with Crippen molar-refractivity contribution in [3.63, 3.8) is 0 Å². The third-order valence-electron chi connectivity index (χ3n) is 4.59. The fourth-order valence-corrected chi connectivity index (χ4v) is 4.11. The lowest BCUT2D eigenvalue weighted by Gasteiger charge is -2.08. The molecule has 0 saturated carbocycles. The molecule has 0 aliphatic heterocycles. The Morgan fingerprint density at radius 1 is 1.00 bits per heavy atom. The van der Waals surface area contributed by atoms with Crippen LogP contribution in [0.1, 0.15) is 16.0 Å². The first-order valence-corrected chi connectivity index (χ1v) is 9.85. The van der Waals surface area contributed by atoms with Crippen LogP contribution < -0.4 is 11.2 Å². The average Bonchev–Trinajstić information content (AvgIpc) is 3.15. The maximum absolute atomic E-state index is 13.3. The van der Waals surface area contributed by atoms with E-state index in [1.165, 1.54) is 32.6 Å². The SMILES string of the molecule is Cn1c(=O)n(Cc2ccccc2)c(=O)c2cc(C#CCc3cccc(F)c3)sc21. The smallest absolute Gasteiger partial charge is 0.287 e. The first kappa shape index (κ1) is 18.9. The van der Waals surface area contributed by atoms with Crippen LogP contribution >= 0.6 is 11.3 Å². The Balaban J connectivity index is 1.70. The van der Waals surface area contributed by atoms with Gasteiger partial charge in [0.2, 0.25) is 0 Å². The highest BCUT2D eigenvalue weighted by molar-refractivity contribution is 7.19. The van der Waals surface area contributed by atoms with Gasteiger partial charge in [0.25, 0.3) is 5.56 Å². The highest BCUT2D eigenvalue weighted by atomic mass is 32.1. The number of halogens is 1. The summed E-state index contributed by atoms with van der Waals surface area (Å²) in [5.41, 5.74) is 1.00. The summed E-state index contributed by atoms with van der Waals surface area (Å²) in [6.45, 7) is 0.221. The van der Waals surface area contributed by atoms with E-state index in [0.717, 1.165) is 11.1 Å². The molecule has 0 fully saturated rings. The number of thiophene rings is 1. The predicted octanol–water partition coefficient (Wildman–Crippen LogP) is 3.54. The van der Waals surface area contributed by atoms with Crippen molar-refractivity contribution in [3.8, 4) is 11.8 Å². The molecule has 4 rings (SSSR count). The van der Waals surface area contributed by atoms with Gasteiger partial charge in [-0.1, -0.05) is 54.3 Å². The molecule has 0 atom stereocenters. The van der Waals surface area contributed by atoms with Gasteiger partial charge in [0.1, 0.15) is 10.6 Å². The minimum atomic E-state index is -0.354. The summed E-state index contributed by atoms with van der Waals surface area (Å²) in [6, 6.07) is 17.4. The lowest BCUT2D eigenvalue weighted by molar-refractivity contribution is 0.626. The number of nitrogens with zero attached hydrogens (tertiary/aromatic N) is 2. The van der Waals surface area contributed by atoms with Crippen molar-refractivity contribution in [3.05, 3.63) is 103 Å². The number of benzene rings is 2. The van der Waals surface area contributed by atoms with Crippen molar-refractivity contribution in [2.75, 3.05) is 0 Å². The number of aromatic nitrogens is 2. The van der Waals surface area contributed by atoms with Crippen LogP contribution in [0.15, 0.2) is 70.3 Å². The zero-order chi connectivity index (χ0) is 20.4. The van der Waals surface area contributed by atoms with E-state index in [9.17, 15) is 14.0 Å². The van der Waals surface area contributed by atoms with E-state index >= 15 is 0 Å². The van der Waals surface area contributed by atoms with Gasteiger partial charge in [0.15, 0.2) is 0 Å². The number of hydrogen-bond donors (Lipinski definition) is 0. The number of fused-ring (bicyclic) bond motifs is 1. The molecular weight excluding hydrogens is 387 g/mol. The van der Waals surface area contributed by atoms with Crippen LogP contribution in [-0.4, -0.2) is 9.13 Å². The largest absolute Gasteiger partial charge is 0.332 e. The molecule has 4 nitrogen and oxygen atoms in total. The molecule has 0 aliphatic carbocycles. The van der Waals surface area contributed by atoms with Gasteiger partial charge in [-0.05, 0) is 29.3 Å². The summed E-state index contributed by atoms with van der Waals surface area (Å²) in [6.07, 6.45) is 0.406. The number of aryl methyl sites for hydroxylation is 1. The Labute approximate surface area is 170 Å². The number of hydrogen-bond acceptors (Lipinski definition) is 3. The summed E-state index contributed by atoms with van der Waals surface area (Å²) in [5, 5.41) is 0.475. The van der Waals surface area contributed by atoms with Gasteiger partial charge in [0.05, 0.1) is 16.8 Å². The van der Waals surface area contributed by atoms with E-state index in [1.54, 1.807) is 19.2 Å². The first-order chi connectivity index (χ1) is 14.0. The minimum absolute atomic E-state index is 0.221. The van der Waals surface area contributed by atoms with Gasteiger partial charge >= 0.3 is 5.69 Å². The molecule has 0 N–H and O–H groups in total. The van der Waals surface area contributed by atoms with Crippen molar-refractivity contribution in [2.24, 2.45) is 7.05 Å². The summed E-state index contributed by atoms with van der Waals surface area (Å²) >= 11 is 1.31. The van der Waals surface area contributed by atoms with Crippen molar-refractivity contribution in [1.29, 1.82) is 0 Å². The van der Waals surface area contributed by atoms with E-state index in [4.69, 9.17) is 0 Å². The molecule has 0 aliphatic rings. The summed E-state index contributed by atoms with van der Waals surface area (Å²) in [4.78, 5) is 26.9. The van der Waals surface area contributed by atoms with E-state index in [-0.39, 0.29) is 23.6 Å². The fraction of sp³-hybridized carbons (Fsp3) is 0.130. The van der Waals surface area contributed by atoms with E-state index in [2.05, 4.69) is 11.8 Å². The quantitative estimate of drug-likeness (QED) is 0.490. The monoisotopic (exact) mass is 404 g/mol. The Morgan fingerprint density at radius 2 is 1.76 bits per heavy atom. The standard InChI is InChI=1S/C23H17FN2O2S/c1-25-22-20(21(27)26(23(25)28)15-17-7-3-2-4-8-17)14-19(29-22)12-6-10-16-9-5-11-18(24)13-16/h2-5,7-9,11,13-14H,10,15H2,1H3. The third kappa shape index (κ3) is 3.91. The van der Waals surface area contributed by atoms with Crippen LogP contribution in [-0.2, 0) is 20.0 Å². The Hall–Kier alpha value is -3.43. The summed E-state index contributed by atoms with van der Waals surface area (Å²) < 4.78 is 16.0. The van der Waals surface area contributed by atoms with Gasteiger partial charge in [-0.2, -0.15) is 0 Å². The van der Waals surface area contributed by atoms with Gasteiger partial charge in [-0.25, -0.2) is 9.18 Å². The van der Waals surface area contributed by atoms with Gasteiger partial charge in [0, 0.05) is 13.5 Å². The second-order valence-corrected chi connectivity index (χ2v) is 7.69. The lowest BCUT2D eigenvalue weighted by atomic mass is 10.1. The molecule has 2 aromatic heterocycles. The van der Waals surface area contributed by atoms with E-state index < -0.39 is 0 Å². The second kappa shape index (κ2) is 7.90.